The summed E-state index contributed by atoms with van der Waals surface area (Å²) in [6.07, 6.45) is 2.94. The van der Waals surface area contributed by atoms with Crippen LogP contribution in [0.4, 0.5) is 0 Å². The molecule has 1 N–H and O–H groups in total. The lowest BCUT2D eigenvalue weighted by molar-refractivity contribution is -0.155. The van der Waals surface area contributed by atoms with E-state index >= 15 is 0 Å². The first-order valence-electron chi connectivity index (χ1n) is 8.64. The van der Waals surface area contributed by atoms with Crippen LogP contribution in [0.3, 0.4) is 0 Å². The highest BCUT2D eigenvalue weighted by atomic mass is 16.5. The molecule has 0 radical (unpaired) electrons. The number of carbonyl (C=O) groups excluding carboxylic acids is 3. The van der Waals surface area contributed by atoms with E-state index in [4.69, 9.17) is 14.2 Å². The number of benzene rings is 1. The predicted octanol–water partition coefficient (Wildman–Crippen LogP) is 0.615. The van der Waals surface area contributed by atoms with Gasteiger partial charge in [-0.3, -0.25) is 9.59 Å². The van der Waals surface area contributed by atoms with Gasteiger partial charge in [0.2, 0.25) is 5.91 Å². The van der Waals surface area contributed by atoms with Gasteiger partial charge in [0.15, 0.2) is 6.61 Å². The lowest BCUT2D eigenvalue weighted by Gasteiger charge is -2.26. The van der Waals surface area contributed by atoms with Crippen LogP contribution >= 0.6 is 0 Å². The summed E-state index contributed by atoms with van der Waals surface area (Å²) in [7, 11) is 1.58. The molecule has 0 aliphatic carbocycles. The van der Waals surface area contributed by atoms with Gasteiger partial charge in [0.25, 0.3) is 5.91 Å². The molecule has 1 aliphatic rings. The van der Waals surface area contributed by atoms with Crippen LogP contribution in [0.5, 0.6) is 5.75 Å². The highest BCUT2D eigenvalue weighted by molar-refractivity contribution is 5.94. The fourth-order valence-electron chi connectivity index (χ4n) is 2.37. The number of nitrogens with one attached hydrogen (secondary N) is 1. The molecule has 8 heteroatoms. The molecule has 8 nitrogen and oxygen atoms in total. The Hall–Kier alpha value is -2.87. The average molecular weight is 376 g/mol. The van der Waals surface area contributed by atoms with Gasteiger partial charge in [0.05, 0.1) is 20.3 Å². The maximum absolute atomic E-state index is 11.9. The fraction of sp³-hybridized carbons (Fsp3) is 0.421. The summed E-state index contributed by atoms with van der Waals surface area (Å²) in [6, 6.07) is 6.30. The standard InChI is InChI=1S/C19H24N2O6/c1-14(19(24)27-13-18(23)21-9-11-26-12-10-21)20-17(22)8-5-15-3-6-16(25-2)7-4-15/h3-8,14H,9-13H2,1-2H3,(H,20,22)/b8-5+/t14-/m0/s1. The van der Waals surface area contributed by atoms with Crippen molar-refractivity contribution in [3.8, 4) is 5.75 Å². The Bertz CT molecular complexity index is 680. The summed E-state index contributed by atoms with van der Waals surface area (Å²) in [5, 5.41) is 2.51. The van der Waals surface area contributed by atoms with Gasteiger partial charge in [-0.05, 0) is 30.7 Å². The summed E-state index contributed by atoms with van der Waals surface area (Å²) in [5.41, 5.74) is 0.817. The topological polar surface area (TPSA) is 94.2 Å². The molecule has 1 aliphatic heterocycles. The van der Waals surface area contributed by atoms with E-state index < -0.39 is 17.9 Å². The van der Waals surface area contributed by atoms with Gasteiger partial charge in [-0.15, -0.1) is 0 Å². The van der Waals surface area contributed by atoms with Crippen molar-refractivity contribution >= 4 is 23.9 Å². The van der Waals surface area contributed by atoms with E-state index in [1.807, 2.05) is 0 Å². The first-order valence-corrected chi connectivity index (χ1v) is 8.64. The molecule has 146 valence electrons. The van der Waals surface area contributed by atoms with Crippen molar-refractivity contribution < 1.29 is 28.6 Å². The Labute approximate surface area is 158 Å². The first kappa shape index (κ1) is 20.4. The van der Waals surface area contributed by atoms with Crippen molar-refractivity contribution in [3.63, 3.8) is 0 Å². The molecule has 0 spiro atoms. The SMILES string of the molecule is COc1ccc(/C=C/C(=O)N[C@@H](C)C(=O)OCC(=O)N2CCOCC2)cc1. The second kappa shape index (κ2) is 10.3. The van der Waals surface area contributed by atoms with Crippen LogP contribution in [0.1, 0.15) is 12.5 Å². The number of hydrogen-bond donors (Lipinski definition) is 1. The molecule has 0 unspecified atom stereocenters. The van der Waals surface area contributed by atoms with Crippen molar-refractivity contribution in [3.05, 3.63) is 35.9 Å². The molecule has 1 aromatic rings. The van der Waals surface area contributed by atoms with Crippen LogP contribution in [0.25, 0.3) is 6.08 Å². The van der Waals surface area contributed by atoms with Gasteiger partial charge < -0.3 is 24.4 Å². The van der Waals surface area contributed by atoms with E-state index in [1.54, 1.807) is 42.4 Å². The molecule has 1 heterocycles. The Morgan fingerprint density at radius 1 is 1.22 bits per heavy atom. The van der Waals surface area contributed by atoms with Gasteiger partial charge in [0.1, 0.15) is 11.8 Å². The minimum absolute atomic E-state index is 0.274. The average Bonchev–Trinajstić information content (AvgIpc) is 2.71. The van der Waals surface area contributed by atoms with Crippen LogP contribution in [0.15, 0.2) is 30.3 Å². The summed E-state index contributed by atoms with van der Waals surface area (Å²) in [6.45, 7) is 3.08. The zero-order valence-electron chi connectivity index (χ0n) is 15.5. The van der Waals surface area contributed by atoms with Crippen LogP contribution < -0.4 is 10.1 Å². The largest absolute Gasteiger partial charge is 0.497 e. The Kier molecular flexibility index (Phi) is 7.81. The van der Waals surface area contributed by atoms with E-state index in [-0.39, 0.29) is 12.5 Å². The lowest BCUT2D eigenvalue weighted by Crippen LogP contribution is -2.44. The maximum Gasteiger partial charge on any atom is 0.328 e. The summed E-state index contributed by atoms with van der Waals surface area (Å²) >= 11 is 0. The number of esters is 1. The number of ether oxygens (including phenoxy) is 3. The number of nitrogens with zero attached hydrogens (tertiary/aromatic N) is 1. The molecule has 1 atom stereocenters. The Morgan fingerprint density at radius 3 is 2.52 bits per heavy atom. The number of carbonyl (C=O) groups is 3. The number of rotatable bonds is 7. The molecule has 1 fully saturated rings. The third-order valence-corrected chi connectivity index (χ3v) is 3.96. The molecule has 1 saturated heterocycles. The first-order chi connectivity index (χ1) is 13.0. The Morgan fingerprint density at radius 2 is 1.89 bits per heavy atom. The molecule has 0 bridgehead atoms. The van der Waals surface area contributed by atoms with E-state index in [9.17, 15) is 14.4 Å². The predicted molar refractivity (Wildman–Crippen MR) is 98.0 cm³/mol. The van der Waals surface area contributed by atoms with Gasteiger partial charge in [-0.2, -0.15) is 0 Å². The van der Waals surface area contributed by atoms with E-state index in [2.05, 4.69) is 5.32 Å². The van der Waals surface area contributed by atoms with E-state index in [0.29, 0.717) is 26.3 Å². The highest BCUT2D eigenvalue weighted by Gasteiger charge is 2.21. The van der Waals surface area contributed by atoms with Gasteiger partial charge >= 0.3 is 5.97 Å². The van der Waals surface area contributed by atoms with Crippen LogP contribution in [0, 0.1) is 0 Å². The minimum atomic E-state index is -0.865. The van der Waals surface area contributed by atoms with Gasteiger partial charge in [0, 0.05) is 19.2 Å². The fourth-order valence-corrected chi connectivity index (χ4v) is 2.37. The zero-order chi connectivity index (χ0) is 19.6. The minimum Gasteiger partial charge on any atom is -0.497 e. The van der Waals surface area contributed by atoms with Gasteiger partial charge in [-0.25, -0.2) is 4.79 Å². The number of hydrogen-bond acceptors (Lipinski definition) is 6. The normalized spacial score (nSPS) is 15.3. The number of morpholine rings is 1. The van der Waals surface area contributed by atoms with Crippen molar-refractivity contribution in [2.75, 3.05) is 40.0 Å². The van der Waals surface area contributed by atoms with Crippen LogP contribution in [0.2, 0.25) is 0 Å². The van der Waals surface area contributed by atoms with Crippen LogP contribution in [-0.4, -0.2) is 68.7 Å². The molecule has 2 rings (SSSR count). The number of methoxy groups -OCH3 is 1. The molecule has 0 saturated carbocycles. The molecular formula is C19H24N2O6. The van der Waals surface area contributed by atoms with E-state index in [0.717, 1.165) is 11.3 Å². The lowest BCUT2D eigenvalue weighted by atomic mass is 10.2. The molecule has 27 heavy (non-hydrogen) atoms. The molecular weight excluding hydrogens is 352 g/mol. The summed E-state index contributed by atoms with van der Waals surface area (Å²) in [5.74, 6) is -0.651. The highest BCUT2D eigenvalue weighted by Crippen LogP contribution is 2.12. The maximum atomic E-state index is 11.9. The molecule has 0 aromatic heterocycles. The second-order valence-corrected chi connectivity index (χ2v) is 5.94. The van der Waals surface area contributed by atoms with Crippen LogP contribution in [-0.2, 0) is 23.9 Å². The third-order valence-electron chi connectivity index (χ3n) is 3.96. The van der Waals surface area contributed by atoms with E-state index in [1.165, 1.54) is 13.0 Å². The van der Waals surface area contributed by atoms with Gasteiger partial charge in [-0.1, -0.05) is 12.1 Å². The summed E-state index contributed by atoms with van der Waals surface area (Å²) in [4.78, 5) is 37.4. The summed E-state index contributed by atoms with van der Waals surface area (Å²) < 4.78 is 15.2. The molecule has 2 amide bonds. The Balaban J connectivity index is 1.74. The zero-order valence-corrected chi connectivity index (χ0v) is 15.5. The second-order valence-electron chi connectivity index (χ2n) is 5.94. The smallest absolute Gasteiger partial charge is 0.328 e. The van der Waals surface area contributed by atoms with Crippen molar-refractivity contribution in [2.45, 2.75) is 13.0 Å². The van der Waals surface area contributed by atoms with Crippen molar-refractivity contribution in [2.24, 2.45) is 0 Å². The third kappa shape index (κ3) is 6.74. The quantitative estimate of drug-likeness (QED) is 0.554. The van der Waals surface area contributed by atoms with Crippen molar-refractivity contribution in [1.82, 2.24) is 10.2 Å². The van der Waals surface area contributed by atoms with Crippen molar-refractivity contribution in [1.29, 1.82) is 0 Å². The monoisotopic (exact) mass is 376 g/mol. The number of amides is 2. The molecule has 1 aromatic carbocycles.